The molecule has 3 aromatic rings. The molecule has 1 N–H and O–H groups in total. The first-order valence-corrected chi connectivity index (χ1v) is 9.20. The van der Waals surface area contributed by atoms with E-state index in [1.165, 1.54) is 0 Å². The van der Waals surface area contributed by atoms with Crippen LogP contribution in [0.15, 0.2) is 60.9 Å². The number of nitrogens with zero attached hydrogens (tertiary/aromatic N) is 3. The van der Waals surface area contributed by atoms with E-state index < -0.39 is 0 Å². The van der Waals surface area contributed by atoms with Gasteiger partial charge in [-0.2, -0.15) is 0 Å². The number of carbonyl (C=O) groups excluding carboxylic acids is 2. The van der Waals surface area contributed by atoms with Crippen LogP contribution in [0, 0.1) is 0 Å². The fourth-order valence-electron chi connectivity index (χ4n) is 3.59. The third-order valence-electron chi connectivity index (χ3n) is 4.91. The van der Waals surface area contributed by atoms with Crippen molar-refractivity contribution in [2.24, 2.45) is 0 Å². The molecule has 0 unspecified atom stereocenters. The van der Waals surface area contributed by atoms with Gasteiger partial charge in [0, 0.05) is 19.5 Å². The van der Waals surface area contributed by atoms with Crippen molar-refractivity contribution in [3.8, 4) is 0 Å². The number of piperazine rings is 1. The maximum absolute atomic E-state index is 12.7. The van der Waals surface area contributed by atoms with Crippen LogP contribution in [-0.4, -0.2) is 45.4 Å². The average Bonchev–Trinajstić information content (AvgIpc) is 3.09. The first kappa shape index (κ1) is 17.3. The second-order valence-corrected chi connectivity index (χ2v) is 6.91. The Kier molecular flexibility index (Phi) is 4.87. The molecule has 138 valence electrons. The Morgan fingerprint density at radius 3 is 2.74 bits per heavy atom. The molecule has 1 aliphatic rings. The summed E-state index contributed by atoms with van der Waals surface area (Å²) in [6, 6.07) is 17.8. The van der Waals surface area contributed by atoms with E-state index in [0.717, 1.165) is 23.0 Å². The summed E-state index contributed by atoms with van der Waals surface area (Å²) in [5.41, 5.74) is 3.09. The van der Waals surface area contributed by atoms with Gasteiger partial charge < -0.3 is 14.8 Å². The Morgan fingerprint density at radius 2 is 1.89 bits per heavy atom. The fourth-order valence-corrected chi connectivity index (χ4v) is 3.59. The van der Waals surface area contributed by atoms with Gasteiger partial charge in [0.15, 0.2) is 0 Å². The predicted octanol–water partition coefficient (Wildman–Crippen LogP) is 2.00. The topological polar surface area (TPSA) is 67.2 Å². The zero-order valence-corrected chi connectivity index (χ0v) is 15.0. The number of hydrogen-bond donors (Lipinski definition) is 1. The SMILES string of the molecule is O=C1CN(C(=O)CCn2cnc3ccccc32)C[C@H](Cc2ccccc2)N1. The Labute approximate surface area is 157 Å². The molecule has 0 saturated carbocycles. The zero-order valence-electron chi connectivity index (χ0n) is 15.0. The highest BCUT2D eigenvalue weighted by molar-refractivity contribution is 5.86. The van der Waals surface area contributed by atoms with Crippen LogP contribution in [0.2, 0.25) is 0 Å². The molecule has 1 saturated heterocycles. The molecule has 6 heteroatoms. The molecule has 1 atom stereocenters. The van der Waals surface area contributed by atoms with Gasteiger partial charge in [-0.15, -0.1) is 0 Å². The van der Waals surface area contributed by atoms with Crippen LogP contribution in [0.5, 0.6) is 0 Å². The summed E-state index contributed by atoms with van der Waals surface area (Å²) < 4.78 is 1.98. The fraction of sp³-hybridized carbons (Fsp3) is 0.286. The molecule has 4 rings (SSSR count). The second-order valence-electron chi connectivity index (χ2n) is 6.91. The van der Waals surface area contributed by atoms with Gasteiger partial charge >= 0.3 is 0 Å². The molecule has 6 nitrogen and oxygen atoms in total. The van der Waals surface area contributed by atoms with Crippen LogP contribution in [0.4, 0.5) is 0 Å². The Bertz CT molecular complexity index is 951. The molecule has 0 spiro atoms. The van der Waals surface area contributed by atoms with Crippen LogP contribution in [0.1, 0.15) is 12.0 Å². The maximum atomic E-state index is 12.7. The number of nitrogens with one attached hydrogen (secondary N) is 1. The van der Waals surface area contributed by atoms with E-state index in [1.807, 2.05) is 59.2 Å². The van der Waals surface area contributed by atoms with Crippen molar-refractivity contribution in [3.05, 3.63) is 66.5 Å². The van der Waals surface area contributed by atoms with Gasteiger partial charge in [0.2, 0.25) is 11.8 Å². The van der Waals surface area contributed by atoms with Crippen molar-refractivity contribution in [1.82, 2.24) is 19.8 Å². The number of para-hydroxylation sites is 2. The largest absolute Gasteiger partial charge is 0.350 e. The van der Waals surface area contributed by atoms with E-state index in [-0.39, 0.29) is 24.4 Å². The Morgan fingerprint density at radius 1 is 1.11 bits per heavy atom. The molecular weight excluding hydrogens is 340 g/mol. The minimum Gasteiger partial charge on any atom is -0.350 e. The lowest BCUT2D eigenvalue weighted by Gasteiger charge is -2.33. The van der Waals surface area contributed by atoms with Crippen LogP contribution in [0.3, 0.4) is 0 Å². The van der Waals surface area contributed by atoms with Gasteiger partial charge in [-0.1, -0.05) is 42.5 Å². The highest BCUT2D eigenvalue weighted by Gasteiger charge is 2.27. The molecular formula is C21H22N4O2. The smallest absolute Gasteiger partial charge is 0.239 e. The molecule has 2 aromatic carbocycles. The first-order chi connectivity index (χ1) is 13.2. The van der Waals surface area contributed by atoms with Gasteiger partial charge in [0.05, 0.1) is 29.9 Å². The Balaban J connectivity index is 1.38. The van der Waals surface area contributed by atoms with Crippen molar-refractivity contribution in [1.29, 1.82) is 0 Å². The number of carbonyl (C=O) groups is 2. The molecule has 2 amide bonds. The minimum absolute atomic E-state index is 0.000641. The molecule has 0 aliphatic carbocycles. The quantitative estimate of drug-likeness (QED) is 0.755. The van der Waals surface area contributed by atoms with Crippen LogP contribution in [-0.2, 0) is 22.6 Å². The van der Waals surface area contributed by atoms with Gasteiger partial charge in [0.25, 0.3) is 0 Å². The standard InChI is InChI=1S/C21H22N4O2/c26-20-14-25(13-17(23-20)12-16-6-2-1-3-7-16)21(27)10-11-24-15-22-18-8-4-5-9-19(18)24/h1-9,15,17H,10-14H2,(H,23,26)/t17-/m0/s1. The van der Waals surface area contributed by atoms with E-state index in [4.69, 9.17) is 0 Å². The molecule has 1 fully saturated rings. The summed E-state index contributed by atoms with van der Waals surface area (Å²) in [5.74, 6) is -0.0932. The highest BCUT2D eigenvalue weighted by Crippen LogP contribution is 2.14. The van der Waals surface area contributed by atoms with E-state index in [0.29, 0.717) is 19.5 Å². The Hall–Kier alpha value is -3.15. The summed E-state index contributed by atoms with van der Waals surface area (Å²) in [6.07, 6.45) is 2.84. The molecule has 1 aromatic heterocycles. The van der Waals surface area contributed by atoms with Crippen molar-refractivity contribution < 1.29 is 9.59 Å². The number of rotatable bonds is 5. The molecule has 1 aliphatic heterocycles. The van der Waals surface area contributed by atoms with Crippen LogP contribution < -0.4 is 5.32 Å². The van der Waals surface area contributed by atoms with Crippen LogP contribution in [0.25, 0.3) is 11.0 Å². The third kappa shape index (κ3) is 4.00. The molecule has 0 radical (unpaired) electrons. The van der Waals surface area contributed by atoms with Gasteiger partial charge in [0.1, 0.15) is 0 Å². The highest BCUT2D eigenvalue weighted by atomic mass is 16.2. The second kappa shape index (κ2) is 7.61. The number of aryl methyl sites for hydroxylation is 1. The van der Waals surface area contributed by atoms with E-state index in [9.17, 15) is 9.59 Å². The summed E-state index contributed by atoms with van der Waals surface area (Å²) in [4.78, 5) is 30.8. The van der Waals surface area contributed by atoms with Gasteiger partial charge in [-0.25, -0.2) is 4.98 Å². The minimum atomic E-state index is -0.0939. The monoisotopic (exact) mass is 362 g/mol. The van der Waals surface area contributed by atoms with Gasteiger partial charge in [-0.05, 0) is 24.1 Å². The van der Waals surface area contributed by atoms with E-state index in [2.05, 4.69) is 10.3 Å². The van der Waals surface area contributed by atoms with Crippen LogP contribution >= 0.6 is 0 Å². The lowest BCUT2D eigenvalue weighted by molar-refractivity contribution is -0.139. The summed E-state index contributed by atoms with van der Waals surface area (Å²) >= 11 is 0. The number of benzene rings is 2. The van der Waals surface area contributed by atoms with Gasteiger partial charge in [-0.3, -0.25) is 9.59 Å². The normalized spacial score (nSPS) is 17.1. The lowest BCUT2D eigenvalue weighted by atomic mass is 10.0. The van der Waals surface area contributed by atoms with Crippen molar-refractivity contribution in [2.75, 3.05) is 13.1 Å². The first-order valence-electron chi connectivity index (χ1n) is 9.20. The molecule has 0 bridgehead atoms. The summed E-state index contributed by atoms with van der Waals surface area (Å²) in [6.45, 7) is 1.24. The average molecular weight is 362 g/mol. The van der Waals surface area contributed by atoms with E-state index in [1.54, 1.807) is 11.2 Å². The summed E-state index contributed by atoms with van der Waals surface area (Å²) in [5, 5.41) is 3.00. The zero-order chi connectivity index (χ0) is 18.6. The molecule has 27 heavy (non-hydrogen) atoms. The third-order valence-corrected chi connectivity index (χ3v) is 4.91. The lowest BCUT2D eigenvalue weighted by Crippen LogP contribution is -2.56. The van der Waals surface area contributed by atoms with Crippen molar-refractivity contribution in [2.45, 2.75) is 25.4 Å². The number of hydrogen-bond acceptors (Lipinski definition) is 3. The number of amides is 2. The summed E-state index contributed by atoms with van der Waals surface area (Å²) in [7, 11) is 0. The molecule has 2 heterocycles. The number of imidazole rings is 1. The van der Waals surface area contributed by atoms with Crippen molar-refractivity contribution in [3.63, 3.8) is 0 Å². The number of aromatic nitrogens is 2. The predicted molar refractivity (Wildman–Crippen MR) is 103 cm³/mol. The van der Waals surface area contributed by atoms with Crippen molar-refractivity contribution >= 4 is 22.8 Å². The number of fused-ring (bicyclic) bond motifs is 1. The maximum Gasteiger partial charge on any atom is 0.239 e. The van der Waals surface area contributed by atoms with E-state index >= 15 is 0 Å².